The van der Waals surface area contributed by atoms with Crippen LogP contribution in [0, 0.1) is 5.82 Å². The number of amides is 1. The third-order valence-electron chi connectivity index (χ3n) is 3.27. The topological polar surface area (TPSA) is 29.1 Å². The zero-order valence-electron chi connectivity index (χ0n) is 10.3. The number of halogens is 3. The average Bonchev–Trinajstić information content (AvgIpc) is 2.83. The molecule has 0 saturated carbocycles. The van der Waals surface area contributed by atoms with E-state index < -0.39 is 11.2 Å². The van der Waals surface area contributed by atoms with Gasteiger partial charge in [-0.2, -0.15) is 0 Å². The molecule has 1 aromatic carbocycles. The monoisotopic (exact) mass is 329 g/mol. The molecule has 1 aromatic heterocycles. The van der Waals surface area contributed by atoms with Crippen molar-refractivity contribution in [3.8, 4) is 0 Å². The first-order valence-corrected chi connectivity index (χ1v) is 7.75. The van der Waals surface area contributed by atoms with Crippen molar-refractivity contribution in [2.75, 3.05) is 5.32 Å². The lowest BCUT2D eigenvalue weighted by molar-refractivity contribution is -0.116. The van der Waals surface area contributed by atoms with Crippen LogP contribution in [0.5, 0.6) is 0 Å². The highest BCUT2D eigenvalue weighted by Crippen LogP contribution is 2.40. The maximum atomic E-state index is 14.2. The van der Waals surface area contributed by atoms with Crippen LogP contribution in [0.2, 0.25) is 5.02 Å². The number of aryl methyl sites for hydroxylation is 1. The van der Waals surface area contributed by atoms with E-state index in [2.05, 4.69) is 5.32 Å². The number of carbonyl (C=O) groups is 1. The van der Waals surface area contributed by atoms with E-state index in [4.69, 9.17) is 23.2 Å². The molecule has 20 heavy (non-hydrogen) atoms. The predicted octanol–water partition coefficient (Wildman–Crippen LogP) is 4.75. The lowest BCUT2D eigenvalue weighted by Crippen LogP contribution is -2.19. The first kappa shape index (κ1) is 13.9. The van der Waals surface area contributed by atoms with Gasteiger partial charge in [-0.05, 0) is 35.6 Å². The minimum atomic E-state index is -0.620. The van der Waals surface area contributed by atoms with Crippen LogP contribution in [0.3, 0.4) is 0 Å². The second-order valence-electron chi connectivity index (χ2n) is 4.57. The van der Waals surface area contributed by atoms with Gasteiger partial charge >= 0.3 is 0 Å². The van der Waals surface area contributed by atoms with Crippen molar-refractivity contribution in [1.29, 1.82) is 0 Å². The number of rotatable bonds is 2. The van der Waals surface area contributed by atoms with Crippen molar-refractivity contribution in [3.05, 3.63) is 50.4 Å². The Bertz CT molecular complexity index is 686. The summed E-state index contributed by atoms with van der Waals surface area (Å²) in [6, 6.07) is 4.80. The van der Waals surface area contributed by atoms with Gasteiger partial charge in [0.2, 0.25) is 5.91 Å². The highest BCUT2D eigenvalue weighted by molar-refractivity contribution is 7.11. The van der Waals surface area contributed by atoms with E-state index >= 15 is 0 Å². The number of anilines is 1. The van der Waals surface area contributed by atoms with Crippen LogP contribution in [-0.2, 0) is 11.2 Å². The fourth-order valence-corrected chi connectivity index (χ4v) is 3.90. The third-order valence-corrected chi connectivity index (χ3v) is 5.27. The molecule has 2 nitrogen and oxygen atoms in total. The Balaban J connectivity index is 2.02. The summed E-state index contributed by atoms with van der Waals surface area (Å²) in [5.41, 5.74) is 1.83. The molecule has 3 rings (SSSR count). The number of hydrogen-bond acceptors (Lipinski definition) is 2. The van der Waals surface area contributed by atoms with Crippen molar-refractivity contribution in [1.82, 2.24) is 0 Å². The summed E-state index contributed by atoms with van der Waals surface area (Å²) in [5.74, 6) is -0.524. The maximum Gasteiger partial charge on any atom is 0.224 e. The second-order valence-corrected chi connectivity index (χ2v) is 6.37. The van der Waals surface area contributed by atoms with E-state index in [9.17, 15) is 9.18 Å². The minimum absolute atomic E-state index is 0.0895. The van der Waals surface area contributed by atoms with Crippen LogP contribution in [-0.4, -0.2) is 5.91 Å². The van der Waals surface area contributed by atoms with Crippen LogP contribution in [0.1, 0.15) is 27.8 Å². The maximum absolute atomic E-state index is 14.2. The van der Waals surface area contributed by atoms with Gasteiger partial charge in [-0.15, -0.1) is 22.9 Å². The molecule has 0 radical (unpaired) electrons. The van der Waals surface area contributed by atoms with E-state index in [1.807, 2.05) is 5.38 Å². The number of alkyl halides is 1. The van der Waals surface area contributed by atoms with Crippen molar-refractivity contribution >= 4 is 46.1 Å². The molecule has 2 aromatic rings. The highest BCUT2D eigenvalue weighted by Gasteiger charge is 2.23. The molecule has 104 valence electrons. The Morgan fingerprint density at radius 1 is 1.35 bits per heavy atom. The molecule has 1 unspecified atom stereocenters. The molecule has 0 fully saturated rings. The van der Waals surface area contributed by atoms with Crippen LogP contribution >= 0.6 is 34.5 Å². The van der Waals surface area contributed by atoms with Crippen molar-refractivity contribution in [2.24, 2.45) is 0 Å². The SMILES string of the molecule is O=C1CCc2cc(C(Cl)c3sccc3Cl)c(F)cc2N1. The standard InChI is InChI=1S/C14H10Cl2FNOS/c15-9-3-4-20-14(9)13(16)8-5-7-1-2-12(19)18-11(7)6-10(8)17/h3-6,13H,1-2H2,(H,18,19). The molecule has 1 N–H and O–H groups in total. The van der Waals surface area contributed by atoms with Gasteiger partial charge in [-0.25, -0.2) is 4.39 Å². The molecule has 1 atom stereocenters. The molecule has 1 amide bonds. The quantitative estimate of drug-likeness (QED) is 0.791. The number of hydrogen-bond donors (Lipinski definition) is 1. The summed E-state index contributed by atoms with van der Waals surface area (Å²) in [7, 11) is 0. The smallest absolute Gasteiger partial charge is 0.224 e. The number of nitrogens with one attached hydrogen (secondary N) is 1. The summed E-state index contributed by atoms with van der Waals surface area (Å²) in [6.45, 7) is 0. The van der Waals surface area contributed by atoms with Crippen LogP contribution in [0.25, 0.3) is 0 Å². The molecule has 0 saturated heterocycles. The van der Waals surface area contributed by atoms with E-state index in [-0.39, 0.29) is 5.91 Å². The Morgan fingerprint density at radius 3 is 2.85 bits per heavy atom. The summed E-state index contributed by atoms with van der Waals surface area (Å²) < 4.78 is 14.2. The molecular formula is C14H10Cl2FNOS. The zero-order valence-corrected chi connectivity index (χ0v) is 12.6. The fourth-order valence-electron chi connectivity index (χ4n) is 2.24. The summed E-state index contributed by atoms with van der Waals surface area (Å²) >= 11 is 13.8. The van der Waals surface area contributed by atoms with E-state index in [0.29, 0.717) is 29.1 Å². The van der Waals surface area contributed by atoms with Gasteiger partial charge in [0.25, 0.3) is 0 Å². The van der Waals surface area contributed by atoms with Gasteiger partial charge in [0, 0.05) is 22.5 Å². The normalized spacial score (nSPS) is 15.7. The Labute approximate surface area is 129 Å². The van der Waals surface area contributed by atoms with E-state index in [1.54, 1.807) is 12.1 Å². The molecule has 6 heteroatoms. The number of thiophene rings is 1. The summed E-state index contributed by atoms with van der Waals surface area (Å²) in [5, 5.41) is 4.41. The molecule has 0 spiro atoms. The first-order valence-electron chi connectivity index (χ1n) is 6.05. The fraction of sp³-hybridized carbons (Fsp3) is 0.214. The van der Waals surface area contributed by atoms with Gasteiger partial charge in [0.15, 0.2) is 0 Å². The Kier molecular flexibility index (Phi) is 3.71. The molecule has 0 aliphatic carbocycles. The zero-order chi connectivity index (χ0) is 14.3. The predicted molar refractivity (Wildman–Crippen MR) is 80.4 cm³/mol. The minimum Gasteiger partial charge on any atom is -0.326 e. The molecule has 1 aliphatic rings. The second kappa shape index (κ2) is 5.35. The van der Waals surface area contributed by atoms with Gasteiger partial charge in [0.05, 0.1) is 10.4 Å². The van der Waals surface area contributed by atoms with Crippen molar-refractivity contribution in [2.45, 2.75) is 18.2 Å². The highest BCUT2D eigenvalue weighted by atomic mass is 35.5. The number of benzene rings is 1. The van der Waals surface area contributed by atoms with Crippen LogP contribution in [0.15, 0.2) is 23.6 Å². The van der Waals surface area contributed by atoms with Crippen LogP contribution in [0.4, 0.5) is 10.1 Å². The van der Waals surface area contributed by atoms with Gasteiger partial charge in [-0.3, -0.25) is 4.79 Å². The number of fused-ring (bicyclic) bond motifs is 1. The summed E-state index contributed by atoms with van der Waals surface area (Å²) in [4.78, 5) is 12.0. The van der Waals surface area contributed by atoms with Gasteiger partial charge in [0.1, 0.15) is 5.82 Å². The molecule has 0 bridgehead atoms. The third kappa shape index (κ3) is 2.43. The van der Waals surface area contributed by atoms with Crippen LogP contribution < -0.4 is 5.32 Å². The molecule has 2 heterocycles. The molecule has 1 aliphatic heterocycles. The van der Waals surface area contributed by atoms with Gasteiger partial charge in [-0.1, -0.05) is 11.6 Å². The van der Waals surface area contributed by atoms with Crippen molar-refractivity contribution < 1.29 is 9.18 Å². The van der Waals surface area contributed by atoms with Gasteiger partial charge < -0.3 is 5.32 Å². The average molecular weight is 330 g/mol. The lowest BCUT2D eigenvalue weighted by atomic mass is 9.98. The van der Waals surface area contributed by atoms with E-state index in [1.165, 1.54) is 17.4 Å². The summed E-state index contributed by atoms with van der Waals surface area (Å²) in [6.07, 6.45) is 1.00. The number of carbonyl (C=O) groups excluding carboxylic acids is 1. The lowest BCUT2D eigenvalue weighted by Gasteiger charge is -2.19. The van der Waals surface area contributed by atoms with E-state index in [0.717, 1.165) is 10.4 Å². The largest absolute Gasteiger partial charge is 0.326 e. The molecular weight excluding hydrogens is 320 g/mol. The Hall–Kier alpha value is -1.10. The Morgan fingerprint density at radius 2 is 2.15 bits per heavy atom. The van der Waals surface area contributed by atoms with Crippen molar-refractivity contribution in [3.63, 3.8) is 0 Å². The first-order chi connectivity index (χ1) is 9.56.